The number of hydrogen-bond donors (Lipinski definition) is 2. The molecule has 0 radical (unpaired) electrons. The summed E-state index contributed by atoms with van der Waals surface area (Å²) in [5.74, 6) is 0.926. The maximum atomic E-state index is 13.4. The van der Waals surface area contributed by atoms with E-state index in [4.69, 9.17) is 0 Å². The first-order valence-corrected chi connectivity index (χ1v) is 7.18. The Kier molecular flexibility index (Phi) is 5.10. The van der Waals surface area contributed by atoms with Crippen molar-refractivity contribution in [2.75, 3.05) is 24.3 Å². The minimum atomic E-state index is -0.440. The molecule has 0 unspecified atom stereocenters. The minimum absolute atomic E-state index is 0.183. The molecule has 0 aliphatic carbocycles. The standard InChI is InChI=1S/C16H20FN5O/c1-10-5-6-12(8-13(10)17)20-16(23)18-9-14-19-11(2)7-15(21-14)22(3)4/h5-8H,9H2,1-4H3,(H2,18,20,23). The number of nitrogens with zero attached hydrogens (tertiary/aromatic N) is 3. The fourth-order valence-corrected chi connectivity index (χ4v) is 1.93. The predicted molar refractivity (Wildman–Crippen MR) is 88.1 cm³/mol. The van der Waals surface area contributed by atoms with Crippen molar-refractivity contribution >= 4 is 17.5 Å². The molecule has 0 spiro atoms. The molecule has 0 aliphatic rings. The Morgan fingerprint density at radius 2 is 1.96 bits per heavy atom. The van der Waals surface area contributed by atoms with Crippen molar-refractivity contribution in [1.82, 2.24) is 15.3 Å². The molecule has 2 N–H and O–H groups in total. The van der Waals surface area contributed by atoms with Crippen LogP contribution in [0.1, 0.15) is 17.1 Å². The SMILES string of the molecule is Cc1cc(N(C)C)nc(CNC(=O)Nc2ccc(C)c(F)c2)n1. The molecule has 0 atom stereocenters. The summed E-state index contributed by atoms with van der Waals surface area (Å²) < 4.78 is 13.4. The molecule has 2 amide bonds. The number of carbonyl (C=O) groups excluding carboxylic acids is 1. The molecule has 0 aliphatic heterocycles. The van der Waals surface area contributed by atoms with Crippen molar-refractivity contribution < 1.29 is 9.18 Å². The molecule has 7 heteroatoms. The lowest BCUT2D eigenvalue weighted by Crippen LogP contribution is -2.29. The summed E-state index contributed by atoms with van der Waals surface area (Å²) in [7, 11) is 3.77. The van der Waals surface area contributed by atoms with Crippen molar-refractivity contribution in [3.63, 3.8) is 0 Å². The van der Waals surface area contributed by atoms with Crippen LogP contribution >= 0.6 is 0 Å². The highest BCUT2D eigenvalue weighted by Crippen LogP contribution is 2.13. The Labute approximate surface area is 134 Å². The molecule has 0 bridgehead atoms. The van der Waals surface area contributed by atoms with Gasteiger partial charge in [0.1, 0.15) is 17.5 Å². The number of urea groups is 1. The lowest BCUT2D eigenvalue weighted by molar-refractivity contribution is 0.251. The van der Waals surface area contributed by atoms with Crippen LogP contribution in [0.15, 0.2) is 24.3 Å². The molecule has 0 saturated carbocycles. The van der Waals surface area contributed by atoms with Crippen LogP contribution in [0.2, 0.25) is 0 Å². The number of amides is 2. The van der Waals surface area contributed by atoms with Crippen molar-refractivity contribution in [3.8, 4) is 0 Å². The molecular formula is C16H20FN5O. The second-order valence-electron chi connectivity index (χ2n) is 5.45. The molecule has 2 aromatic rings. The van der Waals surface area contributed by atoms with Gasteiger partial charge in [0.2, 0.25) is 0 Å². The summed E-state index contributed by atoms with van der Waals surface area (Å²) in [5.41, 5.74) is 1.74. The summed E-state index contributed by atoms with van der Waals surface area (Å²) >= 11 is 0. The Balaban J connectivity index is 1.97. The smallest absolute Gasteiger partial charge is 0.319 e. The molecule has 122 valence electrons. The summed E-state index contributed by atoms with van der Waals surface area (Å²) in [6.07, 6.45) is 0. The van der Waals surface area contributed by atoms with Crippen LogP contribution in [0, 0.1) is 19.7 Å². The third kappa shape index (κ3) is 4.64. The minimum Gasteiger partial charge on any atom is -0.363 e. The highest BCUT2D eigenvalue weighted by atomic mass is 19.1. The van der Waals surface area contributed by atoms with E-state index in [1.807, 2.05) is 32.0 Å². The summed E-state index contributed by atoms with van der Waals surface area (Å²) in [4.78, 5) is 22.4. The number of aryl methyl sites for hydroxylation is 2. The van der Waals surface area contributed by atoms with Crippen LogP contribution in [0.3, 0.4) is 0 Å². The van der Waals surface area contributed by atoms with E-state index in [0.29, 0.717) is 17.1 Å². The topological polar surface area (TPSA) is 70.2 Å². The van der Waals surface area contributed by atoms with E-state index in [-0.39, 0.29) is 12.4 Å². The van der Waals surface area contributed by atoms with Gasteiger partial charge in [0, 0.05) is 31.5 Å². The van der Waals surface area contributed by atoms with Crippen molar-refractivity contribution in [2.24, 2.45) is 0 Å². The first-order chi connectivity index (χ1) is 10.8. The van der Waals surface area contributed by atoms with E-state index in [0.717, 1.165) is 11.5 Å². The van der Waals surface area contributed by atoms with Crippen molar-refractivity contribution in [1.29, 1.82) is 0 Å². The van der Waals surface area contributed by atoms with Crippen molar-refractivity contribution in [2.45, 2.75) is 20.4 Å². The van der Waals surface area contributed by atoms with E-state index in [9.17, 15) is 9.18 Å². The highest BCUT2D eigenvalue weighted by molar-refractivity contribution is 5.89. The molecule has 2 rings (SSSR count). The van der Waals surface area contributed by atoms with Gasteiger partial charge in [0.25, 0.3) is 0 Å². The molecule has 1 heterocycles. The molecule has 0 fully saturated rings. The number of benzene rings is 1. The van der Waals surface area contributed by atoms with E-state index in [1.54, 1.807) is 19.1 Å². The van der Waals surface area contributed by atoms with Gasteiger partial charge in [-0.3, -0.25) is 0 Å². The zero-order chi connectivity index (χ0) is 17.0. The van der Waals surface area contributed by atoms with Gasteiger partial charge in [-0.05, 0) is 31.5 Å². The molecular weight excluding hydrogens is 297 g/mol. The van der Waals surface area contributed by atoms with E-state index < -0.39 is 6.03 Å². The lowest BCUT2D eigenvalue weighted by atomic mass is 10.2. The largest absolute Gasteiger partial charge is 0.363 e. The number of anilines is 2. The number of halogens is 1. The maximum absolute atomic E-state index is 13.4. The van der Waals surface area contributed by atoms with Crippen LogP contribution in [0.4, 0.5) is 20.7 Å². The Morgan fingerprint density at radius 1 is 1.22 bits per heavy atom. The Hall–Kier alpha value is -2.70. The van der Waals surface area contributed by atoms with Crippen LogP contribution < -0.4 is 15.5 Å². The van der Waals surface area contributed by atoms with Crippen LogP contribution in [-0.4, -0.2) is 30.1 Å². The highest BCUT2D eigenvalue weighted by Gasteiger charge is 2.07. The number of aromatic nitrogens is 2. The monoisotopic (exact) mass is 317 g/mol. The first kappa shape index (κ1) is 16.7. The van der Waals surface area contributed by atoms with Gasteiger partial charge in [-0.1, -0.05) is 6.07 Å². The number of carbonyl (C=O) groups is 1. The zero-order valence-corrected chi connectivity index (χ0v) is 13.6. The van der Waals surface area contributed by atoms with Gasteiger partial charge >= 0.3 is 6.03 Å². The van der Waals surface area contributed by atoms with Gasteiger partial charge in [-0.2, -0.15) is 0 Å². The second kappa shape index (κ2) is 7.04. The third-order valence-corrected chi connectivity index (χ3v) is 3.18. The summed E-state index contributed by atoms with van der Waals surface area (Å²) in [6.45, 7) is 3.71. The van der Waals surface area contributed by atoms with Gasteiger partial charge < -0.3 is 15.5 Å². The normalized spacial score (nSPS) is 10.3. The molecule has 23 heavy (non-hydrogen) atoms. The summed E-state index contributed by atoms with van der Waals surface area (Å²) in [5, 5.41) is 5.24. The fraction of sp³-hybridized carbons (Fsp3) is 0.312. The number of hydrogen-bond acceptors (Lipinski definition) is 4. The van der Waals surface area contributed by atoms with Gasteiger partial charge in [-0.25, -0.2) is 19.2 Å². The molecule has 0 saturated heterocycles. The van der Waals surface area contributed by atoms with E-state index in [2.05, 4.69) is 20.6 Å². The quantitative estimate of drug-likeness (QED) is 0.909. The first-order valence-electron chi connectivity index (χ1n) is 7.18. The molecule has 1 aromatic heterocycles. The van der Waals surface area contributed by atoms with Gasteiger partial charge in [0.05, 0.1) is 6.54 Å². The fourth-order valence-electron chi connectivity index (χ4n) is 1.93. The maximum Gasteiger partial charge on any atom is 0.319 e. The van der Waals surface area contributed by atoms with Crippen LogP contribution in [-0.2, 0) is 6.54 Å². The predicted octanol–water partition coefficient (Wildman–Crippen LogP) is 2.62. The van der Waals surface area contributed by atoms with Gasteiger partial charge in [0.15, 0.2) is 0 Å². The van der Waals surface area contributed by atoms with Gasteiger partial charge in [-0.15, -0.1) is 0 Å². The average Bonchev–Trinajstić information content (AvgIpc) is 2.48. The van der Waals surface area contributed by atoms with Crippen LogP contribution in [0.5, 0.6) is 0 Å². The lowest BCUT2D eigenvalue weighted by Gasteiger charge is -2.13. The van der Waals surface area contributed by atoms with E-state index >= 15 is 0 Å². The Morgan fingerprint density at radius 3 is 2.61 bits per heavy atom. The second-order valence-corrected chi connectivity index (χ2v) is 5.45. The number of nitrogens with one attached hydrogen (secondary N) is 2. The zero-order valence-electron chi connectivity index (χ0n) is 13.6. The summed E-state index contributed by atoms with van der Waals surface area (Å²) in [6, 6.07) is 5.95. The van der Waals surface area contributed by atoms with Crippen molar-refractivity contribution in [3.05, 3.63) is 47.2 Å². The molecule has 6 nitrogen and oxygen atoms in total. The van der Waals surface area contributed by atoms with Crippen LogP contribution in [0.25, 0.3) is 0 Å². The number of rotatable bonds is 4. The molecule has 1 aromatic carbocycles. The van der Waals surface area contributed by atoms with E-state index in [1.165, 1.54) is 6.07 Å². The average molecular weight is 317 g/mol. The Bertz CT molecular complexity index is 718. The third-order valence-electron chi connectivity index (χ3n) is 3.18.